The summed E-state index contributed by atoms with van der Waals surface area (Å²) in [5.74, 6) is 2.20. The molecule has 0 bridgehead atoms. The molecule has 1 aromatic heterocycles. The number of nitrogens with zero attached hydrogens (tertiary/aromatic N) is 1. The van der Waals surface area contributed by atoms with Gasteiger partial charge in [-0.1, -0.05) is 0 Å². The number of ether oxygens (including phenoxy) is 3. The van der Waals surface area contributed by atoms with Crippen LogP contribution in [0.15, 0.2) is 42.6 Å². The Morgan fingerprint density at radius 3 is 2.56 bits per heavy atom. The number of piperidine rings is 1. The van der Waals surface area contributed by atoms with Crippen LogP contribution in [0.5, 0.6) is 17.2 Å². The van der Waals surface area contributed by atoms with Gasteiger partial charge in [0.25, 0.3) is 0 Å². The highest BCUT2D eigenvalue weighted by Gasteiger charge is 2.43. The quantitative estimate of drug-likeness (QED) is 0.614. The van der Waals surface area contributed by atoms with Crippen molar-refractivity contribution in [3.63, 3.8) is 0 Å². The molecule has 2 aromatic carbocycles. The normalized spacial score (nSPS) is 17.8. The monoisotopic (exact) mass is 434 g/mol. The van der Waals surface area contributed by atoms with E-state index in [2.05, 4.69) is 9.88 Å². The lowest BCUT2D eigenvalue weighted by molar-refractivity contribution is -0.00806. The summed E-state index contributed by atoms with van der Waals surface area (Å²) in [7, 11) is 3.21. The van der Waals surface area contributed by atoms with E-state index in [9.17, 15) is 9.59 Å². The molecule has 1 fully saturated rings. The minimum Gasteiger partial charge on any atom is -0.497 e. The Balaban J connectivity index is 1.25. The van der Waals surface area contributed by atoms with E-state index in [0.717, 1.165) is 16.7 Å². The first-order valence-electron chi connectivity index (χ1n) is 10.8. The SMILES string of the molecule is COc1ccc2c(c1)C(=O)CC1(CCN(CC(=O)c3c[nH]c4cc(OC)ccc34)CC1)O2. The molecule has 3 aromatic rings. The molecule has 5 rings (SSSR count). The fraction of sp³-hybridized carbons (Fsp3) is 0.360. The highest BCUT2D eigenvalue weighted by molar-refractivity contribution is 6.09. The number of methoxy groups -OCH3 is 2. The van der Waals surface area contributed by atoms with Crippen molar-refractivity contribution in [2.24, 2.45) is 0 Å². The van der Waals surface area contributed by atoms with Crippen molar-refractivity contribution in [2.45, 2.75) is 24.9 Å². The van der Waals surface area contributed by atoms with Gasteiger partial charge in [0, 0.05) is 54.7 Å². The van der Waals surface area contributed by atoms with Gasteiger partial charge in [-0.25, -0.2) is 0 Å². The molecule has 0 aliphatic carbocycles. The third-order valence-electron chi connectivity index (χ3n) is 6.62. The third-order valence-corrected chi connectivity index (χ3v) is 6.62. The molecular formula is C25H26N2O5. The number of aromatic amines is 1. The molecule has 1 spiro atoms. The molecule has 1 N–H and O–H groups in total. The first-order chi connectivity index (χ1) is 15.5. The maximum Gasteiger partial charge on any atom is 0.178 e. The zero-order valence-electron chi connectivity index (χ0n) is 18.3. The van der Waals surface area contributed by atoms with Crippen molar-refractivity contribution < 1.29 is 23.8 Å². The molecule has 166 valence electrons. The number of Topliss-reactive ketones (excluding diaryl/α,β-unsaturated/α-hetero) is 2. The van der Waals surface area contributed by atoms with Crippen LogP contribution in [-0.2, 0) is 0 Å². The van der Waals surface area contributed by atoms with Gasteiger partial charge in [0.1, 0.15) is 22.8 Å². The molecule has 0 atom stereocenters. The topological polar surface area (TPSA) is 80.9 Å². The number of likely N-dealkylation sites (tertiary alicyclic amines) is 1. The number of benzene rings is 2. The third kappa shape index (κ3) is 3.62. The van der Waals surface area contributed by atoms with Crippen molar-refractivity contribution in [3.8, 4) is 17.2 Å². The van der Waals surface area contributed by atoms with Crippen LogP contribution in [0.1, 0.15) is 40.0 Å². The molecule has 32 heavy (non-hydrogen) atoms. The molecule has 1 saturated heterocycles. The first kappa shape index (κ1) is 20.6. The van der Waals surface area contributed by atoms with E-state index in [-0.39, 0.29) is 11.6 Å². The van der Waals surface area contributed by atoms with Gasteiger partial charge < -0.3 is 19.2 Å². The number of carbonyl (C=O) groups excluding carboxylic acids is 2. The molecular weight excluding hydrogens is 408 g/mol. The lowest BCUT2D eigenvalue weighted by Gasteiger charge is -2.43. The van der Waals surface area contributed by atoms with Gasteiger partial charge in [0.05, 0.1) is 32.7 Å². The number of hydrogen-bond donors (Lipinski definition) is 1. The molecule has 0 saturated carbocycles. The van der Waals surface area contributed by atoms with Crippen LogP contribution < -0.4 is 14.2 Å². The van der Waals surface area contributed by atoms with Crippen LogP contribution in [-0.4, -0.2) is 60.9 Å². The van der Waals surface area contributed by atoms with Crippen molar-refractivity contribution >= 4 is 22.5 Å². The largest absolute Gasteiger partial charge is 0.497 e. The second-order valence-electron chi connectivity index (χ2n) is 8.56. The smallest absolute Gasteiger partial charge is 0.178 e. The average Bonchev–Trinajstić information content (AvgIpc) is 3.24. The average molecular weight is 434 g/mol. The summed E-state index contributed by atoms with van der Waals surface area (Å²) >= 11 is 0. The van der Waals surface area contributed by atoms with E-state index in [0.29, 0.717) is 61.5 Å². The number of hydrogen-bond acceptors (Lipinski definition) is 6. The predicted molar refractivity (Wildman–Crippen MR) is 120 cm³/mol. The van der Waals surface area contributed by atoms with Gasteiger partial charge in [0.2, 0.25) is 0 Å². The minimum absolute atomic E-state index is 0.0791. The van der Waals surface area contributed by atoms with E-state index in [1.165, 1.54) is 0 Å². The van der Waals surface area contributed by atoms with Crippen molar-refractivity contribution in [1.29, 1.82) is 0 Å². The van der Waals surface area contributed by atoms with Gasteiger partial charge in [-0.2, -0.15) is 0 Å². The highest BCUT2D eigenvalue weighted by Crippen LogP contribution is 2.40. The maximum atomic E-state index is 13.0. The van der Waals surface area contributed by atoms with Gasteiger partial charge in [-0.3, -0.25) is 14.5 Å². The van der Waals surface area contributed by atoms with Gasteiger partial charge in [-0.15, -0.1) is 0 Å². The standard InChI is InChI=1S/C25H26N2O5/c1-30-16-4-6-24-19(11-16)22(28)13-25(32-24)7-9-27(10-8-25)15-23(29)20-14-26-21-12-17(31-2)3-5-18(20)21/h3-6,11-12,14,26H,7-10,13,15H2,1-2H3. The second kappa shape index (κ2) is 7.98. The summed E-state index contributed by atoms with van der Waals surface area (Å²) in [6.45, 7) is 1.76. The van der Waals surface area contributed by atoms with Gasteiger partial charge in [-0.05, 0) is 30.3 Å². The zero-order valence-corrected chi connectivity index (χ0v) is 18.3. The summed E-state index contributed by atoms with van der Waals surface area (Å²) in [4.78, 5) is 31.1. The Bertz CT molecular complexity index is 1190. The Labute approximate surface area is 186 Å². The van der Waals surface area contributed by atoms with Crippen molar-refractivity contribution in [3.05, 3.63) is 53.7 Å². The molecule has 0 unspecified atom stereocenters. The summed E-state index contributed by atoms with van der Waals surface area (Å²) in [6.07, 6.45) is 3.55. The van der Waals surface area contributed by atoms with Crippen LogP contribution in [0, 0.1) is 0 Å². The number of H-pyrrole nitrogens is 1. The van der Waals surface area contributed by atoms with E-state index in [4.69, 9.17) is 14.2 Å². The fourth-order valence-corrected chi connectivity index (χ4v) is 4.75. The maximum absolute atomic E-state index is 13.0. The van der Waals surface area contributed by atoms with Gasteiger partial charge >= 0.3 is 0 Å². The molecule has 0 amide bonds. The summed E-state index contributed by atoms with van der Waals surface area (Å²) in [6, 6.07) is 11.0. The number of aromatic nitrogens is 1. The predicted octanol–water partition coefficient (Wildman–Crippen LogP) is 3.87. The summed E-state index contributed by atoms with van der Waals surface area (Å²) in [5, 5.41) is 0.900. The molecule has 2 aliphatic rings. The van der Waals surface area contributed by atoms with Crippen LogP contribution >= 0.6 is 0 Å². The molecule has 7 nitrogen and oxygen atoms in total. The van der Waals surface area contributed by atoms with Gasteiger partial charge in [0.15, 0.2) is 11.6 Å². The van der Waals surface area contributed by atoms with E-state index in [1.807, 2.05) is 30.3 Å². The Hall–Kier alpha value is -3.32. The Morgan fingerprint density at radius 2 is 1.81 bits per heavy atom. The van der Waals surface area contributed by atoms with Crippen LogP contribution in [0.2, 0.25) is 0 Å². The Morgan fingerprint density at radius 1 is 1.09 bits per heavy atom. The molecule has 0 radical (unpaired) electrons. The van der Waals surface area contributed by atoms with E-state index < -0.39 is 5.60 Å². The second-order valence-corrected chi connectivity index (χ2v) is 8.56. The lowest BCUT2D eigenvalue weighted by atomic mass is 9.82. The fourth-order valence-electron chi connectivity index (χ4n) is 4.75. The number of carbonyl (C=O) groups is 2. The highest BCUT2D eigenvalue weighted by atomic mass is 16.5. The lowest BCUT2D eigenvalue weighted by Crippen LogP contribution is -2.51. The zero-order chi connectivity index (χ0) is 22.3. The van der Waals surface area contributed by atoms with E-state index in [1.54, 1.807) is 26.5 Å². The number of nitrogens with one attached hydrogen (secondary N) is 1. The molecule has 7 heteroatoms. The van der Waals surface area contributed by atoms with Crippen molar-refractivity contribution in [1.82, 2.24) is 9.88 Å². The molecule has 2 aliphatic heterocycles. The number of rotatable bonds is 5. The Kier molecular flexibility index (Phi) is 5.13. The van der Waals surface area contributed by atoms with Crippen LogP contribution in [0.4, 0.5) is 0 Å². The number of fused-ring (bicyclic) bond motifs is 2. The summed E-state index contributed by atoms with van der Waals surface area (Å²) < 4.78 is 16.8. The first-order valence-corrected chi connectivity index (χ1v) is 10.8. The molecule has 3 heterocycles. The summed E-state index contributed by atoms with van der Waals surface area (Å²) in [5.41, 5.74) is 1.67. The van der Waals surface area contributed by atoms with Crippen molar-refractivity contribution in [2.75, 3.05) is 33.9 Å². The van der Waals surface area contributed by atoms with E-state index >= 15 is 0 Å². The number of ketones is 2. The van der Waals surface area contributed by atoms with Crippen LogP contribution in [0.3, 0.4) is 0 Å². The van der Waals surface area contributed by atoms with Crippen LogP contribution in [0.25, 0.3) is 10.9 Å². The minimum atomic E-state index is -0.491.